The standard InChI is InChI=1S/C25H30N4O3S2/c26-11-12-27-24(30)21-4-2-1-3-20(21)22-23(33-25(28-22)18-5-6-18)17-7-9-19(10-8-17)29-13-15-34(31,32)16-14-29/h7-10,18,20-21H,1-6,12-16H2,(H,27,30)/t20-,21-/m1/s1. The zero-order valence-electron chi connectivity index (χ0n) is 19.2. The normalized spacial score (nSPS) is 24.4. The molecule has 2 saturated carbocycles. The highest BCUT2D eigenvalue weighted by molar-refractivity contribution is 7.91. The molecule has 1 aromatic heterocycles. The van der Waals surface area contributed by atoms with Gasteiger partial charge in [-0.2, -0.15) is 5.26 Å². The highest BCUT2D eigenvalue weighted by atomic mass is 32.2. The van der Waals surface area contributed by atoms with Crippen molar-refractivity contribution < 1.29 is 13.2 Å². The van der Waals surface area contributed by atoms with Crippen molar-refractivity contribution in [1.29, 1.82) is 5.26 Å². The molecule has 7 nitrogen and oxygen atoms in total. The molecule has 34 heavy (non-hydrogen) atoms. The van der Waals surface area contributed by atoms with Crippen LogP contribution in [0.2, 0.25) is 0 Å². The van der Waals surface area contributed by atoms with Crippen LogP contribution in [0.3, 0.4) is 0 Å². The molecule has 1 amide bonds. The molecule has 2 atom stereocenters. The van der Waals surface area contributed by atoms with E-state index in [0.717, 1.165) is 47.5 Å². The molecule has 9 heteroatoms. The highest BCUT2D eigenvalue weighted by Gasteiger charge is 2.37. The van der Waals surface area contributed by atoms with E-state index < -0.39 is 9.84 Å². The van der Waals surface area contributed by atoms with Crippen molar-refractivity contribution >= 4 is 32.8 Å². The zero-order valence-corrected chi connectivity index (χ0v) is 20.8. The van der Waals surface area contributed by atoms with Crippen molar-refractivity contribution in [3.63, 3.8) is 0 Å². The number of nitrogens with zero attached hydrogens (tertiary/aromatic N) is 3. The maximum atomic E-state index is 12.9. The molecule has 180 valence electrons. The first kappa shape index (κ1) is 23.3. The third kappa shape index (κ3) is 4.98. The summed E-state index contributed by atoms with van der Waals surface area (Å²) in [6, 6.07) is 10.4. The fourth-order valence-corrected chi connectivity index (χ4v) is 7.65. The summed E-state index contributed by atoms with van der Waals surface area (Å²) in [5.41, 5.74) is 3.19. The van der Waals surface area contributed by atoms with Gasteiger partial charge in [-0.1, -0.05) is 25.0 Å². The first-order valence-electron chi connectivity index (χ1n) is 12.2. The Hall–Kier alpha value is -2.44. The van der Waals surface area contributed by atoms with Gasteiger partial charge in [-0.15, -0.1) is 11.3 Å². The summed E-state index contributed by atoms with van der Waals surface area (Å²) in [4.78, 5) is 21.3. The Kier molecular flexibility index (Phi) is 6.63. The van der Waals surface area contributed by atoms with Gasteiger partial charge >= 0.3 is 0 Å². The number of hydrogen-bond acceptors (Lipinski definition) is 7. The summed E-state index contributed by atoms with van der Waals surface area (Å²) in [5.74, 6) is 0.836. The van der Waals surface area contributed by atoms with Crippen LogP contribution < -0.4 is 10.2 Å². The lowest BCUT2D eigenvalue weighted by atomic mass is 9.76. The second kappa shape index (κ2) is 9.67. The van der Waals surface area contributed by atoms with Gasteiger partial charge in [0, 0.05) is 36.5 Å². The van der Waals surface area contributed by atoms with Crippen LogP contribution >= 0.6 is 11.3 Å². The van der Waals surface area contributed by atoms with Crippen LogP contribution in [0.25, 0.3) is 10.4 Å². The monoisotopic (exact) mass is 498 g/mol. The largest absolute Gasteiger partial charge is 0.369 e. The SMILES string of the molecule is N#CCNC(=O)[C@@H]1CCCC[C@H]1c1nc(C2CC2)sc1-c1ccc(N2CCS(=O)(=O)CC2)cc1. The van der Waals surface area contributed by atoms with Gasteiger partial charge in [-0.25, -0.2) is 13.4 Å². The van der Waals surface area contributed by atoms with Crippen molar-refractivity contribution in [2.45, 2.75) is 50.4 Å². The molecule has 2 aliphatic carbocycles. The minimum absolute atomic E-state index is 0.0337. The van der Waals surface area contributed by atoms with Crippen molar-refractivity contribution in [1.82, 2.24) is 10.3 Å². The lowest BCUT2D eigenvalue weighted by molar-refractivity contribution is -0.126. The van der Waals surface area contributed by atoms with Gasteiger partial charge in [0.2, 0.25) is 5.91 Å². The molecule has 0 unspecified atom stereocenters. The number of thiazole rings is 1. The van der Waals surface area contributed by atoms with Crippen molar-refractivity contribution in [2.24, 2.45) is 5.92 Å². The second-order valence-corrected chi connectivity index (χ2v) is 12.9. The fourth-order valence-electron chi connectivity index (χ4n) is 5.14. The van der Waals surface area contributed by atoms with Crippen LogP contribution in [0.15, 0.2) is 24.3 Å². The van der Waals surface area contributed by atoms with Crippen LogP contribution in [0.4, 0.5) is 5.69 Å². The molecule has 3 aliphatic rings. The van der Waals surface area contributed by atoms with E-state index in [-0.39, 0.29) is 35.8 Å². The predicted octanol–water partition coefficient (Wildman–Crippen LogP) is 3.84. The summed E-state index contributed by atoms with van der Waals surface area (Å²) in [5, 5.41) is 12.9. The number of rotatable bonds is 6. The third-order valence-electron chi connectivity index (χ3n) is 7.23. The number of sulfone groups is 1. The first-order chi connectivity index (χ1) is 16.4. The number of nitrogens with one attached hydrogen (secondary N) is 1. The number of carbonyl (C=O) groups is 1. The van der Waals surface area contributed by atoms with E-state index in [1.165, 1.54) is 17.8 Å². The molecule has 2 aromatic rings. The highest BCUT2D eigenvalue weighted by Crippen LogP contribution is 2.49. The van der Waals surface area contributed by atoms with E-state index >= 15 is 0 Å². The van der Waals surface area contributed by atoms with Crippen molar-refractivity contribution in [3.05, 3.63) is 35.0 Å². The summed E-state index contributed by atoms with van der Waals surface area (Å²) < 4.78 is 23.5. The second-order valence-electron chi connectivity index (χ2n) is 9.60. The van der Waals surface area contributed by atoms with Gasteiger partial charge in [0.25, 0.3) is 0 Å². The smallest absolute Gasteiger partial charge is 0.224 e. The number of hydrogen-bond donors (Lipinski definition) is 1. The Morgan fingerprint density at radius 1 is 1.12 bits per heavy atom. The molecule has 2 heterocycles. The molecule has 1 aliphatic heterocycles. The van der Waals surface area contributed by atoms with Crippen LogP contribution in [0.5, 0.6) is 0 Å². The summed E-state index contributed by atoms with van der Waals surface area (Å²) in [6.07, 6.45) is 6.23. The molecule has 1 N–H and O–H groups in total. The minimum Gasteiger partial charge on any atom is -0.369 e. The maximum absolute atomic E-state index is 12.9. The van der Waals surface area contributed by atoms with Crippen LogP contribution in [-0.2, 0) is 14.6 Å². The van der Waals surface area contributed by atoms with Gasteiger partial charge in [-0.05, 0) is 43.4 Å². The molecule has 0 spiro atoms. The molecule has 3 fully saturated rings. The Morgan fingerprint density at radius 3 is 2.50 bits per heavy atom. The predicted molar refractivity (Wildman–Crippen MR) is 134 cm³/mol. The Labute approximate surface area is 205 Å². The van der Waals surface area contributed by atoms with E-state index in [1.807, 2.05) is 6.07 Å². The van der Waals surface area contributed by atoms with E-state index in [0.29, 0.717) is 19.0 Å². The van der Waals surface area contributed by atoms with E-state index in [1.54, 1.807) is 11.3 Å². The lowest BCUT2D eigenvalue weighted by Gasteiger charge is -2.30. The average molecular weight is 499 g/mol. The van der Waals surface area contributed by atoms with Crippen LogP contribution in [-0.4, -0.2) is 50.4 Å². The number of benzene rings is 1. The lowest BCUT2D eigenvalue weighted by Crippen LogP contribution is -2.40. The summed E-state index contributed by atoms with van der Waals surface area (Å²) in [7, 11) is -2.91. The number of amides is 1. The van der Waals surface area contributed by atoms with E-state index in [2.05, 4.69) is 34.5 Å². The Morgan fingerprint density at radius 2 is 1.82 bits per heavy atom. The molecule has 1 saturated heterocycles. The Balaban J connectivity index is 1.43. The van der Waals surface area contributed by atoms with Crippen molar-refractivity contribution in [3.8, 4) is 16.5 Å². The number of anilines is 1. The van der Waals surface area contributed by atoms with Crippen LogP contribution in [0, 0.1) is 17.2 Å². The van der Waals surface area contributed by atoms with E-state index in [4.69, 9.17) is 10.2 Å². The topological polar surface area (TPSA) is 103 Å². The Bertz CT molecular complexity index is 1180. The first-order valence-corrected chi connectivity index (χ1v) is 14.8. The van der Waals surface area contributed by atoms with Gasteiger partial charge < -0.3 is 10.2 Å². The molecule has 0 radical (unpaired) electrons. The number of aromatic nitrogens is 1. The van der Waals surface area contributed by atoms with Gasteiger partial charge in [0.05, 0.1) is 33.2 Å². The zero-order chi connectivity index (χ0) is 23.7. The van der Waals surface area contributed by atoms with Gasteiger partial charge in [-0.3, -0.25) is 4.79 Å². The van der Waals surface area contributed by atoms with Crippen molar-refractivity contribution in [2.75, 3.05) is 36.0 Å². The number of carbonyl (C=O) groups excluding carboxylic acids is 1. The molecule has 5 rings (SSSR count). The summed E-state index contributed by atoms with van der Waals surface area (Å²) in [6.45, 7) is 1.10. The summed E-state index contributed by atoms with van der Waals surface area (Å²) >= 11 is 1.76. The van der Waals surface area contributed by atoms with Crippen LogP contribution in [0.1, 0.15) is 61.1 Å². The fraction of sp³-hybridized carbons (Fsp3) is 0.560. The minimum atomic E-state index is -2.91. The molecule has 0 bridgehead atoms. The van der Waals surface area contributed by atoms with E-state index in [9.17, 15) is 13.2 Å². The molecule has 1 aromatic carbocycles. The van der Waals surface area contributed by atoms with Gasteiger partial charge in [0.15, 0.2) is 9.84 Å². The average Bonchev–Trinajstić information content (AvgIpc) is 3.61. The van der Waals surface area contributed by atoms with Gasteiger partial charge in [0.1, 0.15) is 6.54 Å². The number of nitriles is 1. The molecular formula is C25H30N4O3S2. The maximum Gasteiger partial charge on any atom is 0.224 e. The quantitative estimate of drug-likeness (QED) is 0.607. The third-order valence-corrected chi connectivity index (χ3v) is 10.1. The molecular weight excluding hydrogens is 468 g/mol.